The third-order valence-corrected chi connectivity index (χ3v) is 5.03. The number of halogens is 2. The molecule has 27 heavy (non-hydrogen) atoms. The zero-order valence-corrected chi connectivity index (χ0v) is 15.8. The van der Waals surface area contributed by atoms with Gasteiger partial charge < -0.3 is 0 Å². The normalized spacial score (nSPS) is 14.1. The molecule has 0 bridgehead atoms. The Bertz CT molecular complexity index is 1010. The predicted octanol–water partition coefficient (Wildman–Crippen LogP) is 4.65. The van der Waals surface area contributed by atoms with Crippen LogP contribution in [0.1, 0.15) is 30.1 Å². The molecule has 140 valence electrons. The molecule has 2 aromatic carbocycles. The van der Waals surface area contributed by atoms with E-state index in [1.54, 1.807) is 10.7 Å². The number of aromatic nitrogens is 3. The molecule has 1 saturated carbocycles. The van der Waals surface area contributed by atoms with Gasteiger partial charge in [0.05, 0.1) is 6.67 Å². The molecule has 0 N–H and O–H groups in total. The predicted molar refractivity (Wildman–Crippen MR) is 102 cm³/mol. The topological polar surface area (TPSA) is 26.0 Å². The summed E-state index contributed by atoms with van der Waals surface area (Å²) in [5.41, 5.74) is 1.71. The number of benzene rings is 2. The number of hydrogen-bond donors (Lipinski definition) is 0. The van der Waals surface area contributed by atoms with Gasteiger partial charge in [0.2, 0.25) is 4.77 Å². The van der Waals surface area contributed by atoms with Gasteiger partial charge in [0.25, 0.3) is 0 Å². The van der Waals surface area contributed by atoms with Crippen LogP contribution in [0, 0.1) is 16.4 Å². The highest BCUT2D eigenvalue weighted by atomic mass is 32.1. The molecule has 0 spiro atoms. The van der Waals surface area contributed by atoms with Crippen molar-refractivity contribution in [2.45, 2.75) is 32.0 Å². The van der Waals surface area contributed by atoms with Crippen LogP contribution in [-0.2, 0) is 13.2 Å². The van der Waals surface area contributed by atoms with Crippen LogP contribution in [0.2, 0.25) is 0 Å². The van der Waals surface area contributed by atoms with E-state index < -0.39 is 11.6 Å². The summed E-state index contributed by atoms with van der Waals surface area (Å²) < 4.78 is 31.0. The Hall–Kier alpha value is -2.38. The van der Waals surface area contributed by atoms with Gasteiger partial charge in [-0.1, -0.05) is 24.3 Å². The van der Waals surface area contributed by atoms with Gasteiger partial charge in [-0.2, -0.15) is 5.10 Å². The van der Waals surface area contributed by atoms with E-state index in [2.05, 4.69) is 0 Å². The monoisotopic (exact) mass is 386 g/mol. The molecule has 4 rings (SSSR count). The number of para-hydroxylation sites is 1. The summed E-state index contributed by atoms with van der Waals surface area (Å²) in [7, 11) is 1.90. The summed E-state index contributed by atoms with van der Waals surface area (Å²) in [6, 6.07) is 14.0. The number of nitrogens with zero attached hydrogens (tertiary/aromatic N) is 4. The van der Waals surface area contributed by atoms with E-state index >= 15 is 0 Å². The van der Waals surface area contributed by atoms with E-state index in [1.165, 1.54) is 6.07 Å². The molecule has 1 fully saturated rings. The third-order valence-electron chi connectivity index (χ3n) is 4.63. The van der Waals surface area contributed by atoms with E-state index in [-0.39, 0.29) is 0 Å². The fourth-order valence-corrected chi connectivity index (χ4v) is 3.47. The van der Waals surface area contributed by atoms with E-state index in [0.29, 0.717) is 29.5 Å². The maximum atomic E-state index is 13.4. The molecule has 0 aliphatic heterocycles. The lowest BCUT2D eigenvalue weighted by molar-refractivity contribution is 0.243. The van der Waals surface area contributed by atoms with Gasteiger partial charge in [-0.3, -0.25) is 9.47 Å². The van der Waals surface area contributed by atoms with Crippen molar-refractivity contribution in [2.24, 2.45) is 0 Å². The summed E-state index contributed by atoms with van der Waals surface area (Å²) in [5, 5.41) is 4.76. The Kier molecular flexibility index (Phi) is 4.88. The summed E-state index contributed by atoms with van der Waals surface area (Å²) in [5.74, 6) is -0.224. The highest BCUT2D eigenvalue weighted by molar-refractivity contribution is 7.71. The molecule has 0 saturated heterocycles. The maximum absolute atomic E-state index is 13.4. The summed E-state index contributed by atoms with van der Waals surface area (Å²) in [6.45, 7) is 0.938. The Labute approximate surface area is 161 Å². The van der Waals surface area contributed by atoms with Crippen LogP contribution >= 0.6 is 12.2 Å². The Balaban J connectivity index is 1.58. The Morgan fingerprint density at radius 1 is 1.11 bits per heavy atom. The molecule has 4 nitrogen and oxygen atoms in total. The van der Waals surface area contributed by atoms with Crippen molar-refractivity contribution in [1.82, 2.24) is 19.2 Å². The number of rotatable bonds is 6. The quantitative estimate of drug-likeness (QED) is 0.577. The largest absolute Gasteiger partial charge is 0.283 e. The average molecular weight is 386 g/mol. The van der Waals surface area contributed by atoms with Gasteiger partial charge in [-0.15, -0.1) is 0 Å². The van der Waals surface area contributed by atoms with E-state index in [9.17, 15) is 8.78 Å². The van der Waals surface area contributed by atoms with Crippen LogP contribution in [0.5, 0.6) is 0 Å². The molecule has 3 aromatic rings. The molecule has 0 unspecified atom stereocenters. The maximum Gasteiger partial charge on any atom is 0.203 e. The lowest BCUT2D eigenvalue weighted by atomic mass is 10.2. The van der Waals surface area contributed by atoms with Crippen LogP contribution in [0.3, 0.4) is 0 Å². The first-order valence-corrected chi connectivity index (χ1v) is 9.31. The summed E-state index contributed by atoms with van der Waals surface area (Å²) in [4.78, 5) is 1.97. The van der Waals surface area contributed by atoms with Crippen LogP contribution in [0.4, 0.5) is 8.78 Å². The van der Waals surface area contributed by atoms with Crippen molar-refractivity contribution in [3.63, 3.8) is 0 Å². The Morgan fingerprint density at radius 3 is 2.52 bits per heavy atom. The molecular formula is C20H20F2N4S. The molecule has 1 aliphatic rings. The van der Waals surface area contributed by atoms with Gasteiger partial charge in [-0.25, -0.2) is 13.5 Å². The zero-order valence-electron chi connectivity index (χ0n) is 15.0. The fraction of sp³-hybridized carbons (Fsp3) is 0.300. The first-order chi connectivity index (χ1) is 13.0. The molecule has 1 heterocycles. The highest BCUT2D eigenvalue weighted by Gasteiger charge is 2.30. The highest BCUT2D eigenvalue weighted by Crippen LogP contribution is 2.40. The Morgan fingerprint density at radius 2 is 1.85 bits per heavy atom. The lowest BCUT2D eigenvalue weighted by Crippen LogP contribution is -2.22. The lowest BCUT2D eigenvalue weighted by Gasteiger charge is -2.16. The van der Waals surface area contributed by atoms with Crippen LogP contribution in [-0.4, -0.2) is 26.3 Å². The van der Waals surface area contributed by atoms with E-state index in [4.69, 9.17) is 17.3 Å². The van der Waals surface area contributed by atoms with Crippen LogP contribution in [0.25, 0.3) is 5.69 Å². The van der Waals surface area contributed by atoms with Crippen molar-refractivity contribution in [1.29, 1.82) is 0 Å². The molecule has 1 aliphatic carbocycles. The minimum absolute atomic E-state index is 0.449. The van der Waals surface area contributed by atoms with Crippen molar-refractivity contribution in [2.75, 3.05) is 7.05 Å². The minimum Gasteiger partial charge on any atom is -0.283 e. The second-order valence-electron chi connectivity index (χ2n) is 6.99. The number of hydrogen-bond acceptors (Lipinski definition) is 3. The summed E-state index contributed by atoms with van der Waals surface area (Å²) in [6.07, 6.45) is 2.26. The van der Waals surface area contributed by atoms with Crippen molar-refractivity contribution >= 4 is 12.2 Å². The first-order valence-electron chi connectivity index (χ1n) is 8.90. The SMILES string of the molecule is CN(Cc1ccc(F)c(F)c1)Cn1nc(C2CC2)n(-c2ccccc2)c1=S. The molecule has 1 aromatic heterocycles. The fourth-order valence-electron chi connectivity index (χ4n) is 3.17. The second-order valence-corrected chi connectivity index (χ2v) is 7.35. The van der Waals surface area contributed by atoms with Gasteiger partial charge in [0.1, 0.15) is 5.82 Å². The van der Waals surface area contributed by atoms with Crippen molar-refractivity contribution < 1.29 is 8.78 Å². The third kappa shape index (κ3) is 3.84. The van der Waals surface area contributed by atoms with Crippen molar-refractivity contribution in [3.8, 4) is 5.69 Å². The molecule has 7 heteroatoms. The van der Waals surface area contributed by atoms with Crippen molar-refractivity contribution in [3.05, 3.63) is 76.3 Å². The van der Waals surface area contributed by atoms with Gasteiger partial charge in [0, 0.05) is 18.2 Å². The summed E-state index contributed by atoms with van der Waals surface area (Å²) >= 11 is 5.69. The molecular weight excluding hydrogens is 366 g/mol. The first kappa shape index (κ1) is 18.0. The second kappa shape index (κ2) is 7.32. The van der Waals surface area contributed by atoms with Crippen LogP contribution in [0.15, 0.2) is 48.5 Å². The smallest absolute Gasteiger partial charge is 0.203 e. The minimum atomic E-state index is -0.834. The van der Waals surface area contributed by atoms with Gasteiger partial charge >= 0.3 is 0 Å². The van der Waals surface area contributed by atoms with E-state index in [1.807, 2.05) is 46.8 Å². The van der Waals surface area contributed by atoms with Crippen LogP contribution < -0.4 is 0 Å². The molecule has 0 atom stereocenters. The van der Waals surface area contributed by atoms with Gasteiger partial charge in [-0.05, 0) is 61.9 Å². The zero-order chi connectivity index (χ0) is 19.0. The standard InChI is InChI=1S/C20H20F2N4S/c1-24(12-14-7-10-17(21)18(22)11-14)13-25-20(27)26(16-5-3-2-4-6-16)19(23-25)15-8-9-15/h2-7,10-11,15H,8-9,12-13H2,1H3. The molecule has 0 amide bonds. The van der Waals surface area contributed by atoms with E-state index in [0.717, 1.165) is 30.4 Å². The average Bonchev–Trinajstić information content (AvgIpc) is 3.44. The molecule has 0 radical (unpaired) electrons. The van der Waals surface area contributed by atoms with Gasteiger partial charge in [0.15, 0.2) is 11.6 Å².